The summed E-state index contributed by atoms with van der Waals surface area (Å²) in [4.78, 5) is 17.8. The highest BCUT2D eigenvalue weighted by atomic mass is 16.2. The van der Waals surface area contributed by atoms with Crippen LogP contribution in [0.15, 0.2) is 60.7 Å². The van der Waals surface area contributed by atoms with Crippen molar-refractivity contribution in [2.24, 2.45) is 5.92 Å². The molecule has 2 heterocycles. The first-order valence-corrected chi connectivity index (χ1v) is 10.4. The number of hydrogen-bond acceptors (Lipinski definition) is 3. The summed E-state index contributed by atoms with van der Waals surface area (Å²) in [6.07, 6.45) is 1.96. The van der Waals surface area contributed by atoms with Crippen molar-refractivity contribution in [3.8, 4) is 0 Å². The van der Waals surface area contributed by atoms with Gasteiger partial charge in [-0.2, -0.15) is 0 Å². The zero-order valence-electron chi connectivity index (χ0n) is 17.0. The van der Waals surface area contributed by atoms with Crippen LogP contribution in [0.25, 0.3) is 0 Å². The number of carbonyl (C=O) groups excluding carboxylic acids is 1. The van der Waals surface area contributed by atoms with Gasteiger partial charge in [-0.15, -0.1) is 0 Å². The number of carbonyl (C=O) groups is 1. The molecule has 28 heavy (non-hydrogen) atoms. The quantitative estimate of drug-likeness (QED) is 0.889. The van der Waals surface area contributed by atoms with Crippen LogP contribution in [0, 0.1) is 5.92 Å². The first kappa shape index (κ1) is 19.2. The molecule has 4 rings (SSSR count). The predicted octanol–water partition coefficient (Wildman–Crippen LogP) is 3.07. The van der Waals surface area contributed by atoms with E-state index in [0.29, 0.717) is 5.91 Å². The van der Waals surface area contributed by atoms with Crippen molar-refractivity contribution >= 4 is 5.91 Å². The molecule has 0 aromatic heterocycles. The van der Waals surface area contributed by atoms with Gasteiger partial charge >= 0.3 is 0 Å². The average molecular weight is 378 g/mol. The number of benzene rings is 2. The zero-order valence-corrected chi connectivity index (χ0v) is 17.0. The highest BCUT2D eigenvalue weighted by Crippen LogP contribution is 2.38. The maximum Gasteiger partial charge on any atom is 0.227 e. The Balaban J connectivity index is 1.48. The third-order valence-electron chi connectivity index (χ3n) is 6.83. The molecule has 1 N–H and O–H groups in total. The van der Waals surface area contributed by atoms with Gasteiger partial charge in [0, 0.05) is 37.6 Å². The van der Waals surface area contributed by atoms with E-state index in [1.54, 1.807) is 0 Å². The van der Waals surface area contributed by atoms with E-state index in [1.165, 1.54) is 11.1 Å². The Morgan fingerprint density at radius 2 is 1.57 bits per heavy atom. The maximum atomic E-state index is 13.4. The van der Waals surface area contributed by atoms with Crippen molar-refractivity contribution in [1.29, 1.82) is 0 Å². The summed E-state index contributed by atoms with van der Waals surface area (Å²) in [5, 5.41) is 3.45. The van der Waals surface area contributed by atoms with Crippen molar-refractivity contribution in [2.75, 3.05) is 40.3 Å². The van der Waals surface area contributed by atoms with Gasteiger partial charge in [-0.05, 0) is 38.1 Å². The average Bonchev–Trinajstić information content (AvgIpc) is 3.24. The lowest BCUT2D eigenvalue weighted by molar-refractivity contribution is -0.138. The normalized spacial score (nSPS) is 24.5. The summed E-state index contributed by atoms with van der Waals surface area (Å²) in [5.41, 5.74) is 2.65. The van der Waals surface area contributed by atoms with E-state index >= 15 is 0 Å². The van der Waals surface area contributed by atoms with Crippen LogP contribution < -0.4 is 5.32 Å². The number of hydrogen-bond donors (Lipinski definition) is 1. The molecular formula is C24H31N3O. The Bertz CT molecular complexity index is 782. The second-order valence-electron chi connectivity index (χ2n) is 8.40. The molecule has 0 spiro atoms. The predicted molar refractivity (Wildman–Crippen MR) is 113 cm³/mol. The standard InChI is InChI=1S/C24H31N3O/c1-26(2)24(20-11-7-4-8-12-20)13-15-27(16-14-24)23(28)22-18-25-17-21(22)19-9-5-3-6-10-19/h3-12,21-22,25H,13-18H2,1-2H3/t21-,22+/m0/s1. The molecular weight excluding hydrogens is 346 g/mol. The number of likely N-dealkylation sites (tertiary alicyclic amines) is 1. The topological polar surface area (TPSA) is 35.6 Å². The molecule has 4 heteroatoms. The van der Waals surface area contributed by atoms with Gasteiger partial charge in [-0.1, -0.05) is 60.7 Å². The molecule has 0 aliphatic carbocycles. The molecule has 0 radical (unpaired) electrons. The third kappa shape index (κ3) is 3.47. The molecule has 2 aliphatic rings. The molecule has 4 nitrogen and oxygen atoms in total. The van der Waals surface area contributed by atoms with Crippen LogP contribution in [0.2, 0.25) is 0 Å². The Kier molecular flexibility index (Phi) is 5.51. The first-order valence-electron chi connectivity index (χ1n) is 10.4. The van der Waals surface area contributed by atoms with Crippen LogP contribution in [-0.4, -0.2) is 56.0 Å². The minimum atomic E-state index is 0.0186. The van der Waals surface area contributed by atoms with Gasteiger partial charge in [-0.25, -0.2) is 0 Å². The molecule has 1 amide bonds. The second kappa shape index (κ2) is 8.06. The van der Waals surface area contributed by atoms with E-state index in [4.69, 9.17) is 0 Å². The van der Waals surface area contributed by atoms with Gasteiger partial charge in [-0.3, -0.25) is 9.69 Å². The molecule has 2 aromatic rings. The maximum absolute atomic E-state index is 13.4. The fourth-order valence-corrected chi connectivity index (χ4v) is 5.06. The van der Waals surface area contributed by atoms with E-state index < -0.39 is 0 Å². The van der Waals surface area contributed by atoms with E-state index in [9.17, 15) is 4.79 Å². The Labute approximate surface area is 168 Å². The molecule has 0 unspecified atom stereocenters. The van der Waals surface area contributed by atoms with Crippen LogP contribution in [0.1, 0.15) is 29.9 Å². The van der Waals surface area contributed by atoms with Gasteiger partial charge in [0.1, 0.15) is 0 Å². The summed E-state index contributed by atoms with van der Waals surface area (Å²) in [6, 6.07) is 21.2. The fraction of sp³-hybridized carbons (Fsp3) is 0.458. The summed E-state index contributed by atoms with van der Waals surface area (Å²) in [7, 11) is 4.33. The van der Waals surface area contributed by atoms with Crippen LogP contribution in [0.4, 0.5) is 0 Å². The first-order chi connectivity index (χ1) is 13.6. The van der Waals surface area contributed by atoms with Gasteiger partial charge < -0.3 is 10.2 Å². The highest BCUT2D eigenvalue weighted by molar-refractivity contribution is 5.81. The molecule has 148 valence electrons. The Morgan fingerprint density at radius 1 is 0.964 bits per heavy atom. The number of nitrogens with zero attached hydrogens (tertiary/aromatic N) is 2. The Morgan fingerprint density at radius 3 is 2.18 bits per heavy atom. The van der Waals surface area contributed by atoms with Crippen LogP contribution in [-0.2, 0) is 10.3 Å². The lowest BCUT2D eigenvalue weighted by atomic mass is 9.79. The minimum absolute atomic E-state index is 0.0186. The highest BCUT2D eigenvalue weighted by Gasteiger charge is 2.42. The van der Waals surface area contributed by atoms with Crippen molar-refractivity contribution in [2.45, 2.75) is 24.3 Å². The van der Waals surface area contributed by atoms with Crippen molar-refractivity contribution < 1.29 is 4.79 Å². The monoisotopic (exact) mass is 377 g/mol. The van der Waals surface area contributed by atoms with Crippen LogP contribution in [0.5, 0.6) is 0 Å². The smallest absolute Gasteiger partial charge is 0.227 e. The zero-order chi connectivity index (χ0) is 19.6. The largest absolute Gasteiger partial charge is 0.342 e. The van der Waals surface area contributed by atoms with Crippen LogP contribution in [0.3, 0.4) is 0 Å². The van der Waals surface area contributed by atoms with Crippen molar-refractivity contribution in [3.05, 3.63) is 71.8 Å². The molecule has 2 aliphatic heterocycles. The summed E-state index contributed by atoms with van der Waals surface area (Å²) in [5.74, 6) is 0.647. The molecule has 2 fully saturated rings. The molecule has 0 saturated carbocycles. The van der Waals surface area contributed by atoms with Crippen molar-refractivity contribution in [1.82, 2.24) is 15.1 Å². The van der Waals surface area contributed by atoms with Gasteiger partial charge in [0.05, 0.1) is 5.92 Å². The summed E-state index contributed by atoms with van der Waals surface area (Å²) in [6.45, 7) is 3.32. The molecule has 2 atom stereocenters. The third-order valence-corrected chi connectivity index (χ3v) is 6.83. The van der Waals surface area contributed by atoms with Gasteiger partial charge in [0.25, 0.3) is 0 Å². The van der Waals surface area contributed by atoms with Crippen molar-refractivity contribution in [3.63, 3.8) is 0 Å². The molecule has 2 saturated heterocycles. The number of amides is 1. The van der Waals surface area contributed by atoms with E-state index in [0.717, 1.165) is 39.0 Å². The molecule has 0 bridgehead atoms. The Hall–Kier alpha value is -2.17. The summed E-state index contributed by atoms with van der Waals surface area (Å²) < 4.78 is 0. The van der Waals surface area contributed by atoms with E-state index in [2.05, 4.69) is 83.8 Å². The number of piperidine rings is 1. The fourth-order valence-electron chi connectivity index (χ4n) is 5.06. The minimum Gasteiger partial charge on any atom is -0.342 e. The second-order valence-corrected chi connectivity index (χ2v) is 8.40. The lowest BCUT2D eigenvalue weighted by Crippen LogP contribution is -2.53. The SMILES string of the molecule is CN(C)C1(c2ccccc2)CCN(C(=O)[C@@H]2CNC[C@H]2c2ccccc2)CC1. The van der Waals surface area contributed by atoms with Gasteiger partial charge in [0.15, 0.2) is 0 Å². The number of nitrogens with one attached hydrogen (secondary N) is 1. The van der Waals surface area contributed by atoms with Crippen LogP contribution >= 0.6 is 0 Å². The van der Waals surface area contributed by atoms with E-state index in [1.807, 2.05) is 6.07 Å². The molecule has 2 aromatic carbocycles. The lowest BCUT2D eigenvalue weighted by Gasteiger charge is -2.47. The number of rotatable bonds is 4. The summed E-state index contributed by atoms with van der Waals surface area (Å²) >= 11 is 0. The van der Waals surface area contributed by atoms with E-state index in [-0.39, 0.29) is 17.4 Å². The van der Waals surface area contributed by atoms with Gasteiger partial charge in [0.2, 0.25) is 5.91 Å².